The first-order valence-electron chi connectivity index (χ1n) is 5.51. The summed E-state index contributed by atoms with van der Waals surface area (Å²) in [4.78, 5) is 0. The van der Waals surface area contributed by atoms with E-state index in [1.165, 1.54) is 12.8 Å². The molecule has 0 amide bonds. The molecule has 0 bridgehead atoms. The fraction of sp³-hybridized carbons (Fsp3) is 0.800. The van der Waals surface area contributed by atoms with Gasteiger partial charge in [-0.15, -0.1) is 10.2 Å². The van der Waals surface area contributed by atoms with Gasteiger partial charge in [0.1, 0.15) is 6.61 Å². The highest BCUT2D eigenvalue weighted by atomic mass is 16.5. The number of hydrogen-bond acceptors (Lipinski definition) is 5. The lowest BCUT2D eigenvalue weighted by atomic mass is 10.5. The Morgan fingerprint density at radius 3 is 2.93 bits per heavy atom. The largest absolute Gasteiger partial charge is 0.421 e. The van der Waals surface area contributed by atoms with Gasteiger partial charge in [-0.3, -0.25) is 0 Å². The Morgan fingerprint density at radius 2 is 2.20 bits per heavy atom. The topological polar surface area (TPSA) is 60.2 Å². The summed E-state index contributed by atoms with van der Waals surface area (Å²) in [5.41, 5.74) is 0. The molecule has 1 aliphatic rings. The monoisotopic (exact) mass is 211 g/mol. The lowest BCUT2D eigenvalue weighted by Crippen LogP contribution is -2.15. The van der Waals surface area contributed by atoms with Crippen LogP contribution in [0.25, 0.3) is 0 Å². The molecule has 1 fully saturated rings. The predicted octanol–water partition coefficient (Wildman–Crippen LogP) is 1.25. The molecule has 1 aromatic heterocycles. The number of ether oxygens (including phenoxy) is 1. The molecule has 5 nitrogen and oxygen atoms in total. The third-order valence-electron chi connectivity index (χ3n) is 2.20. The fourth-order valence-corrected chi connectivity index (χ4v) is 1.24. The minimum absolute atomic E-state index is 0.421. The zero-order chi connectivity index (χ0) is 10.5. The van der Waals surface area contributed by atoms with Crippen molar-refractivity contribution in [2.45, 2.75) is 45.4 Å². The van der Waals surface area contributed by atoms with Crippen LogP contribution < -0.4 is 5.32 Å². The normalized spacial score (nSPS) is 15.8. The minimum atomic E-state index is 0.421. The van der Waals surface area contributed by atoms with Crippen molar-refractivity contribution < 1.29 is 9.15 Å². The number of nitrogens with zero attached hydrogens (tertiary/aromatic N) is 2. The molecule has 1 heterocycles. The van der Waals surface area contributed by atoms with E-state index in [1.54, 1.807) is 0 Å². The number of aromatic nitrogens is 2. The molecule has 15 heavy (non-hydrogen) atoms. The van der Waals surface area contributed by atoms with Crippen molar-refractivity contribution in [3.05, 3.63) is 11.8 Å². The van der Waals surface area contributed by atoms with Gasteiger partial charge in [0.25, 0.3) is 0 Å². The summed E-state index contributed by atoms with van der Waals surface area (Å²) in [6.45, 7) is 3.90. The Morgan fingerprint density at radius 1 is 1.40 bits per heavy atom. The van der Waals surface area contributed by atoms with Gasteiger partial charge in [0.05, 0.1) is 6.54 Å². The smallest absolute Gasteiger partial charge is 0.242 e. The van der Waals surface area contributed by atoms with Crippen LogP contribution in [0.5, 0.6) is 0 Å². The van der Waals surface area contributed by atoms with E-state index in [0.717, 1.165) is 13.0 Å². The number of hydrogen-bond donors (Lipinski definition) is 1. The first kappa shape index (κ1) is 10.6. The van der Waals surface area contributed by atoms with Crippen LogP contribution in [0.1, 0.15) is 38.0 Å². The molecule has 0 saturated heterocycles. The third-order valence-corrected chi connectivity index (χ3v) is 2.20. The Labute approximate surface area is 89.2 Å². The minimum Gasteiger partial charge on any atom is -0.421 e. The molecule has 1 N–H and O–H groups in total. The predicted molar refractivity (Wildman–Crippen MR) is 54.1 cm³/mol. The van der Waals surface area contributed by atoms with Crippen LogP contribution in [0, 0.1) is 0 Å². The highest BCUT2D eigenvalue weighted by Gasteiger charge is 2.21. The Kier molecular flexibility index (Phi) is 3.69. The molecule has 84 valence electrons. The van der Waals surface area contributed by atoms with Crippen molar-refractivity contribution in [2.24, 2.45) is 0 Å². The molecule has 1 aliphatic carbocycles. The summed E-state index contributed by atoms with van der Waals surface area (Å²) in [6, 6.07) is 0.664. The Bertz CT molecular complexity index is 297. The molecule has 0 spiro atoms. The van der Waals surface area contributed by atoms with Crippen LogP contribution >= 0.6 is 0 Å². The molecule has 0 unspecified atom stereocenters. The van der Waals surface area contributed by atoms with Crippen molar-refractivity contribution in [3.63, 3.8) is 0 Å². The van der Waals surface area contributed by atoms with Gasteiger partial charge in [0.15, 0.2) is 0 Å². The first-order valence-corrected chi connectivity index (χ1v) is 5.51. The van der Waals surface area contributed by atoms with Crippen LogP contribution in [0.15, 0.2) is 4.42 Å². The van der Waals surface area contributed by atoms with E-state index < -0.39 is 0 Å². The van der Waals surface area contributed by atoms with E-state index in [4.69, 9.17) is 9.15 Å². The van der Waals surface area contributed by atoms with E-state index in [9.17, 15) is 0 Å². The molecule has 0 atom stereocenters. The van der Waals surface area contributed by atoms with E-state index >= 15 is 0 Å². The third kappa shape index (κ3) is 3.60. The van der Waals surface area contributed by atoms with E-state index in [1.807, 2.05) is 0 Å². The van der Waals surface area contributed by atoms with Gasteiger partial charge in [0, 0.05) is 12.6 Å². The summed E-state index contributed by atoms with van der Waals surface area (Å²) in [7, 11) is 0. The summed E-state index contributed by atoms with van der Waals surface area (Å²) in [6.07, 6.45) is 3.53. The molecule has 1 aromatic rings. The molecule has 0 aromatic carbocycles. The second-order valence-electron chi connectivity index (χ2n) is 3.80. The lowest BCUT2D eigenvalue weighted by molar-refractivity contribution is 0.102. The van der Waals surface area contributed by atoms with Gasteiger partial charge in [0.2, 0.25) is 11.8 Å². The molecule has 0 radical (unpaired) electrons. The fourth-order valence-electron chi connectivity index (χ4n) is 1.24. The molecular weight excluding hydrogens is 194 g/mol. The maximum atomic E-state index is 5.40. The van der Waals surface area contributed by atoms with Crippen LogP contribution in [0.2, 0.25) is 0 Å². The summed E-state index contributed by atoms with van der Waals surface area (Å²) in [5, 5.41) is 11.2. The molecule has 0 aliphatic heterocycles. The van der Waals surface area contributed by atoms with E-state index in [0.29, 0.717) is 31.0 Å². The standard InChI is InChI=1S/C10H17N3O2/c1-2-5-14-7-10-13-12-9(15-10)6-11-8-3-4-8/h8,11H,2-7H2,1H3. The quantitative estimate of drug-likeness (QED) is 0.688. The highest BCUT2D eigenvalue weighted by Crippen LogP contribution is 2.19. The second-order valence-corrected chi connectivity index (χ2v) is 3.80. The summed E-state index contributed by atoms with van der Waals surface area (Å²) < 4.78 is 10.7. The van der Waals surface area contributed by atoms with Crippen molar-refractivity contribution >= 4 is 0 Å². The van der Waals surface area contributed by atoms with Gasteiger partial charge in [-0.25, -0.2) is 0 Å². The maximum Gasteiger partial charge on any atom is 0.242 e. The lowest BCUT2D eigenvalue weighted by Gasteiger charge is -1.97. The van der Waals surface area contributed by atoms with Gasteiger partial charge >= 0.3 is 0 Å². The maximum absolute atomic E-state index is 5.40. The SMILES string of the molecule is CCCOCc1nnc(CNC2CC2)o1. The highest BCUT2D eigenvalue weighted by molar-refractivity contribution is 4.85. The zero-order valence-corrected chi connectivity index (χ0v) is 9.03. The van der Waals surface area contributed by atoms with Crippen LogP contribution in [0.4, 0.5) is 0 Å². The van der Waals surface area contributed by atoms with E-state index in [2.05, 4.69) is 22.4 Å². The van der Waals surface area contributed by atoms with Gasteiger partial charge in [-0.2, -0.15) is 0 Å². The zero-order valence-electron chi connectivity index (χ0n) is 9.03. The number of nitrogens with one attached hydrogen (secondary N) is 1. The average molecular weight is 211 g/mol. The average Bonchev–Trinajstić information content (AvgIpc) is 2.97. The Hall–Kier alpha value is -0.940. The van der Waals surface area contributed by atoms with Gasteiger partial charge in [-0.1, -0.05) is 6.92 Å². The van der Waals surface area contributed by atoms with Crippen molar-refractivity contribution in [3.8, 4) is 0 Å². The van der Waals surface area contributed by atoms with Crippen molar-refractivity contribution in [1.29, 1.82) is 0 Å². The van der Waals surface area contributed by atoms with Crippen LogP contribution in [-0.2, 0) is 17.9 Å². The molecule has 1 saturated carbocycles. The molecular formula is C10H17N3O2. The van der Waals surface area contributed by atoms with Crippen LogP contribution in [0.3, 0.4) is 0 Å². The summed E-state index contributed by atoms with van der Waals surface area (Å²) >= 11 is 0. The van der Waals surface area contributed by atoms with Crippen molar-refractivity contribution in [1.82, 2.24) is 15.5 Å². The van der Waals surface area contributed by atoms with Gasteiger partial charge < -0.3 is 14.5 Å². The van der Waals surface area contributed by atoms with Crippen LogP contribution in [-0.4, -0.2) is 22.8 Å². The van der Waals surface area contributed by atoms with E-state index in [-0.39, 0.29) is 0 Å². The van der Waals surface area contributed by atoms with Gasteiger partial charge in [-0.05, 0) is 19.3 Å². The van der Waals surface area contributed by atoms with Crippen molar-refractivity contribution in [2.75, 3.05) is 6.61 Å². The Balaban J connectivity index is 1.70. The second kappa shape index (κ2) is 5.23. The summed E-state index contributed by atoms with van der Waals surface area (Å²) in [5.74, 6) is 1.22. The molecule has 5 heteroatoms. The number of rotatable bonds is 7. The molecule has 2 rings (SSSR count). The first-order chi connectivity index (χ1) is 7.38.